The summed E-state index contributed by atoms with van der Waals surface area (Å²) >= 11 is 3.54. The molecule has 0 saturated heterocycles. The molecule has 0 fully saturated rings. The van der Waals surface area contributed by atoms with Crippen LogP contribution in [0.3, 0.4) is 0 Å². The smallest absolute Gasteiger partial charge is 0.119 e. The van der Waals surface area contributed by atoms with Gasteiger partial charge in [-0.05, 0) is 37.3 Å². The van der Waals surface area contributed by atoms with E-state index in [9.17, 15) is 0 Å². The second-order valence-electron chi connectivity index (χ2n) is 4.29. The number of ether oxygens (including phenoxy) is 1. The van der Waals surface area contributed by atoms with E-state index in [0.29, 0.717) is 0 Å². The zero-order valence-electron chi connectivity index (χ0n) is 10.4. The topological polar surface area (TPSA) is 14.2 Å². The average Bonchev–Trinajstić information content (AvgIpc) is 2.70. The number of aromatic nitrogens is 1. The van der Waals surface area contributed by atoms with Crippen molar-refractivity contribution in [3.05, 3.63) is 40.9 Å². The van der Waals surface area contributed by atoms with Gasteiger partial charge in [-0.3, -0.25) is 0 Å². The minimum Gasteiger partial charge on any atom is -0.497 e. The van der Waals surface area contributed by atoms with Gasteiger partial charge in [-0.1, -0.05) is 22.0 Å². The first-order valence-corrected chi connectivity index (χ1v) is 6.79. The lowest BCUT2D eigenvalue weighted by atomic mass is 10.1. The van der Waals surface area contributed by atoms with Gasteiger partial charge in [0.25, 0.3) is 0 Å². The van der Waals surface area contributed by atoms with E-state index in [4.69, 9.17) is 4.74 Å². The Labute approximate surface area is 114 Å². The van der Waals surface area contributed by atoms with Crippen LogP contribution in [0.15, 0.2) is 40.9 Å². The zero-order chi connectivity index (χ0) is 12.7. The Morgan fingerprint density at radius 2 is 1.89 bits per heavy atom. The molecule has 2 nitrogen and oxygen atoms in total. The number of fused-ring (bicyclic) bond motifs is 3. The summed E-state index contributed by atoms with van der Waals surface area (Å²) in [6, 6.07) is 12.7. The van der Waals surface area contributed by atoms with Crippen LogP contribution in [0.5, 0.6) is 5.75 Å². The number of methoxy groups -OCH3 is 1. The molecule has 0 radical (unpaired) electrons. The standard InChI is InChI=1S/C15H14BrNO/c1-3-17-14-7-5-11(18-2)9-13(14)12-6-4-10(16)8-15(12)17/h4-9H,3H2,1-2H3. The highest BCUT2D eigenvalue weighted by atomic mass is 79.9. The van der Waals surface area contributed by atoms with E-state index < -0.39 is 0 Å². The monoisotopic (exact) mass is 303 g/mol. The van der Waals surface area contributed by atoms with Gasteiger partial charge in [0.1, 0.15) is 5.75 Å². The summed E-state index contributed by atoms with van der Waals surface area (Å²) in [5.41, 5.74) is 2.52. The predicted molar refractivity (Wildman–Crippen MR) is 79.4 cm³/mol. The molecular formula is C15H14BrNO. The number of rotatable bonds is 2. The molecule has 0 unspecified atom stereocenters. The highest BCUT2D eigenvalue weighted by Crippen LogP contribution is 2.33. The van der Waals surface area contributed by atoms with Crippen LogP contribution in [0.25, 0.3) is 21.8 Å². The Hall–Kier alpha value is -1.48. The summed E-state index contributed by atoms with van der Waals surface area (Å²) in [6.45, 7) is 3.13. The molecule has 92 valence electrons. The second-order valence-corrected chi connectivity index (χ2v) is 5.20. The molecule has 18 heavy (non-hydrogen) atoms. The Bertz CT molecular complexity index is 730. The van der Waals surface area contributed by atoms with Crippen LogP contribution in [-0.4, -0.2) is 11.7 Å². The third kappa shape index (κ3) is 1.62. The van der Waals surface area contributed by atoms with Crippen LogP contribution >= 0.6 is 15.9 Å². The molecule has 0 N–H and O–H groups in total. The van der Waals surface area contributed by atoms with E-state index >= 15 is 0 Å². The van der Waals surface area contributed by atoms with Crippen molar-refractivity contribution in [1.29, 1.82) is 0 Å². The molecule has 0 bridgehead atoms. The van der Waals surface area contributed by atoms with Gasteiger partial charge in [0.05, 0.1) is 12.6 Å². The minimum absolute atomic E-state index is 0.903. The lowest BCUT2D eigenvalue weighted by Crippen LogP contribution is -1.92. The lowest BCUT2D eigenvalue weighted by molar-refractivity contribution is 0.415. The number of hydrogen-bond acceptors (Lipinski definition) is 1. The maximum absolute atomic E-state index is 5.32. The van der Waals surface area contributed by atoms with Crippen LogP contribution in [0, 0.1) is 0 Å². The fraction of sp³-hybridized carbons (Fsp3) is 0.200. The van der Waals surface area contributed by atoms with Crippen molar-refractivity contribution in [2.45, 2.75) is 13.5 Å². The van der Waals surface area contributed by atoms with Crippen molar-refractivity contribution in [3.8, 4) is 5.75 Å². The van der Waals surface area contributed by atoms with E-state index in [1.807, 2.05) is 6.07 Å². The lowest BCUT2D eigenvalue weighted by Gasteiger charge is -2.03. The van der Waals surface area contributed by atoms with Crippen molar-refractivity contribution in [3.63, 3.8) is 0 Å². The van der Waals surface area contributed by atoms with Gasteiger partial charge in [-0.15, -0.1) is 0 Å². The van der Waals surface area contributed by atoms with Crippen molar-refractivity contribution in [1.82, 2.24) is 4.57 Å². The maximum Gasteiger partial charge on any atom is 0.119 e. The summed E-state index contributed by atoms with van der Waals surface area (Å²) in [5, 5.41) is 2.52. The minimum atomic E-state index is 0.903. The average molecular weight is 304 g/mol. The molecule has 2 aromatic carbocycles. The fourth-order valence-corrected chi connectivity index (χ4v) is 2.87. The van der Waals surface area contributed by atoms with Crippen LogP contribution in [0.1, 0.15) is 6.92 Å². The third-order valence-electron chi connectivity index (χ3n) is 3.35. The molecule has 0 amide bonds. The Balaban J connectivity index is 2.48. The number of hydrogen-bond donors (Lipinski definition) is 0. The summed E-state index contributed by atoms with van der Waals surface area (Å²) in [6.07, 6.45) is 0. The first-order valence-electron chi connectivity index (χ1n) is 6.00. The molecule has 3 rings (SSSR count). The van der Waals surface area contributed by atoms with Crippen molar-refractivity contribution in [2.24, 2.45) is 0 Å². The SMILES string of the molecule is CCn1c2ccc(OC)cc2c2ccc(Br)cc21. The van der Waals surface area contributed by atoms with E-state index in [2.05, 4.69) is 57.8 Å². The molecule has 0 spiro atoms. The van der Waals surface area contributed by atoms with Gasteiger partial charge in [-0.2, -0.15) is 0 Å². The summed E-state index contributed by atoms with van der Waals surface area (Å²) in [5.74, 6) is 0.903. The molecule has 3 aromatic rings. The quantitative estimate of drug-likeness (QED) is 0.675. The van der Waals surface area contributed by atoms with E-state index in [-0.39, 0.29) is 0 Å². The first kappa shape index (κ1) is 11.6. The van der Waals surface area contributed by atoms with Crippen molar-refractivity contribution < 1.29 is 4.74 Å². The van der Waals surface area contributed by atoms with E-state index in [1.165, 1.54) is 21.8 Å². The van der Waals surface area contributed by atoms with Crippen molar-refractivity contribution in [2.75, 3.05) is 7.11 Å². The fourth-order valence-electron chi connectivity index (χ4n) is 2.52. The summed E-state index contributed by atoms with van der Waals surface area (Å²) in [4.78, 5) is 0. The Kier molecular flexibility index (Phi) is 2.78. The number of halogens is 1. The van der Waals surface area contributed by atoms with Crippen molar-refractivity contribution >= 4 is 37.7 Å². The molecule has 3 heteroatoms. The number of benzene rings is 2. The van der Waals surface area contributed by atoms with Crippen LogP contribution in [-0.2, 0) is 6.54 Å². The molecule has 1 heterocycles. The van der Waals surface area contributed by atoms with Crippen LogP contribution in [0.4, 0.5) is 0 Å². The van der Waals surface area contributed by atoms with Crippen LogP contribution in [0.2, 0.25) is 0 Å². The zero-order valence-corrected chi connectivity index (χ0v) is 12.0. The second kappa shape index (κ2) is 4.32. The molecule has 1 aromatic heterocycles. The summed E-state index contributed by atoms with van der Waals surface area (Å²) < 4.78 is 8.76. The van der Waals surface area contributed by atoms with Crippen LogP contribution < -0.4 is 4.74 Å². The van der Waals surface area contributed by atoms with Gasteiger partial charge in [0, 0.05) is 27.3 Å². The van der Waals surface area contributed by atoms with E-state index in [0.717, 1.165) is 16.8 Å². The molecule has 0 aliphatic heterocycles. The number of nitrogens with zero attached hydrogens (tertiary/aromatic N) is 1. The predicted octanol–water partition coefficient (Wildman–Crippen LogP) is 4.59. The number of aryl methyl sites for hydroxylation is 1. The maximum atomic E-state index is 5.32. The van der Waals surface area contributed by atoms with E-state index in [1.54, 1.807) is 7.11 Å². The van der Waals surface area contributed by atoms with Gasteiger partial charge in [0.2, 0.25) is 0 Å². The van der Waals surface area contributed by atoms with Gasteiger partial charge in [-0.25, -0.2) is 0 Å². The highest BCUT2D eigenvalue weighted by Gasteiger charge is 2.10. The molecule has 0 atom stereocenters. The highest BCUT2D eigenvalue weighted by molar-refractivity contribution is 9.10. The van der Waals surface area contributed by atoms with Gasteiger partial charge in [0.15, 0.2) is 0 Å². The van der Waals surface area contributed by atoms with Gasteiger partial charge < -0.3 is 9.30 Å². The Morgan fingerprint density at radius 1 is 1.06 bits per heavy atom. The third-order valence-corrected chi connectivity index (χ3v) is 3.84. The largest absolute Gasteiger partial charge is 0.497 e. The molecule has 0 aliphatic rings. The molecule has 0 saturated carbocycles. The first-order chi connectivity index (χ1) is 8.74. The summed E-state index contributed by atoms with van der Waals surface area (Å²) in [7, 11) is 1.71. The normalized spacial score (nSPS) is 11.3. The molecular weight excluding hydrogens is 290 g/mol. The van der Waals surface area contributed by atoms with Gasteiger partial charge >= 0.3 is 0 Å². The molecule has 0 aliphatic carbocycles. The Morgan fingerprint density at radius 3 is 2.61 bits per heavy atom.